The molecule has 2 rings (SSSR count). The molecule has 5 nitrogen and oxygen atoms in total. The summed E-state index contributed by atoms with van der Waals surface area (Å²) in [4.78, 5) is 23.3. The highest BCUT2D eigenvalue weighted by atomic mass is 16.6. The van der Waals surface area contributed by atoms with Gasteiger partial charge in [0.15, 0.2) is 0 Å². The minimum atomic E-state index is -0.830. The minimum Gasteiger partial charge on any atom is -0.481 e. The average molecular weight is 303 g/mol. The number of benzene rings is 1. The summed E-state index contributed by atoms with van der Waals surface area (Å²) in [5.41, 5.74) is 1.07. The number of ether oxygens (including phenoxy) is 1. The summed E-state index contributed by atoms with van der Waals surface area (Å²) in [6, 6.07) is 7.37. The lowest BCUT2D eigenvalue weighted by Gasteiger charge is -2.19. The third kappa shape index (κ3) is 3.47. The van der Waals surface area contributed by atoms with Crippen LogP contribution in [0.25, 0.3) is 10.9 Å². The van der Waals surface area contributed by atoms with Gasteiger partial charge >= 0.3 is 12.1 Å². The van der Waals surface area contributed by atoms with Crippen molar-refractivity contribution in [3.8, 4) is 0 Å². The fourth-order valence-electron chi connectivity index (χ4n) is 2.30. The third-order valence-corrected chi connectivity index (χ3v) is 3.36. The quantitative estimate of drug-likeness (QED) is 0.939. The maximum absolute atomic E-state index is 12.2. The summed E-state index contributed by atoms with van der Waals surface area (Å²) in [6.07, 6.45) is 1.64. The molecule has 0 aliphatic heterocycles. The summed E-state index contributed by atoms with van der Waals surface area (Å²) >= 11 is 0. The third-order valence-electron chi connectivity index (χ3n) is 3.36. The summed E-state index contributed by atoms with van der Waals surface area (Å²) < 4.78 is 6.83. The fourth-order valence-corrected chi connectivity index (χ4v) is 2.30. The molecular formula is C17H21NO4. The van der Waals surface area contributed by atoms with Gasteiger partial charge in [0, 0.05) is 11.6 Å². The Morgan fingerprint density at radius 1 is 1.27 bits per heavy atom. The minimum absolute atomic E-state index is 0.422. The van der Waals surface area contributed by atoms with Crippen LogP contribution in [0.15, 0.2) is 30.5 Å². The van der Waals surface area contributed by atoms with E-state index in [1.54, 1.807) is 13.1 Å². The van der Waals surface area contributed by atoms with Gasteiger partial charge in [-0.25, -0.2) is 4.79 Å². The predicted octanol–water partition coefficient (Wildman–Crippen LogP) is 3.69. The van der Waals surface area contributed by atoms with Crippen molar-refractivity contribution in [3.63, 3.8) is 0 Å². The molecule has 118 valence electrons. The number of carboxylic acids is 1. The topological polar surface area (TPSA) is 68.5 Å². The van der Waals surface area contributed by atoms with Gasteiger partial charge in [0.2, 0.25) is 0 Å². The van der Waals surface area contributed by atoms with Crippen LogP contribution in [-0.4, -0.2) is 27.3 Å². The average Bonchev–Trinajstić information content (AvgIpc) is 2.81. The molecule has 0 spiro atoms. The van der Waals surface area contributed by atoms with E-state index in [4.69, 9.17) is 9.84 Å². The highest BCUT2D eigenvalue weighted by Gasteiger charge is 2.20. The lowest BCUT2D eigenvalue weighted by Crippen LogP contribution is -2.26. The maximum atomic E-state index is 12.2. The number of fused-ring (bicyclic) bond motifs is 1. The lowest BCUT2D eigenvalue weighted by molar-refractivity contribution is -0.141. The number of nitrogens with zero attached hydrogens (tertiary/aromatic N) is 1. The van der Waals surface area contributed by atoms with Crippen LogP contribution in [-0.2, 0) is 16.0 Å². The zero-order valence-electron chi connectivity index (χ0n) is 13.3. The van der Waals surface area contributed by atoms with Crippen molar-refractivity contribution in [2.45, 2.75) is 39.7 Å². The van der Waals surface area contributed by atoms with Crippen molar-refractivity contribution in [2.75, 3.05) is 0 Å². The number of carboxylic acid groups (broad SMARTS) is 1. The second-order valence-corrected chi connectivity index (χ2v) is 6.46. The van der Waals surface area contributed by atoms with Crippen molar-refractivity contribution in [1.82, 2.24) is 4.57 Å². The number of rotatable bonds is 3. The molecule has 0 amide bonds. The number of carbonyl (C=O) groups excluding carboxylic acids is 1. The molecule has 0 saturated carbocycles. The number of aliphatic carboxylic acids is 1. The molecule has 0 radical (unpaired) electrons. The van der Waals surface area contributed by atoms with Crippen molar-refractivity contribution >= 4 is 23.0 Å². The van der Waals surface area contributed by atoms with Crippen LogP contribution in [0.4, 0.5) is 4.79 Å². The van der Waals surface area contributed by atoms with E-state index < -0.39 is 23.6 Å². The van der Waals surface area contributed by atoms with E-state index in [0.29, 0.717) is 6.42 Å². The van der Waals surface area contributed by atoms with Crippen molar-refractivity contribution < 1.29 is 19.4 Å². The molecule has 1 aromatic carbocycles. The maximum Gasteiger partial charge on any atom is 0.418 e. The van der Waals surface area contributed by atoms with E-state index in [1.165, 1.54) is 4.57 Å². The Kier molecular flexibility index (Phi) is 4.26. The van der Waals surface area contributed by atoms with Crippen molar-refractivity contribution in [1.29, 1.82) is 0 Å². The summed E-state index contributed by atoms with van der Waals surface area (Å²) in [5, 5.41) is 9.93. The normalized spacial score (nSPS) is 13.1. The van der Waals surface area contributed by atoms with Gasteiger partial charge in [0.1, 0.15) is 5.60 Å². The van der Waals surface area contributed by atoms with Crippen LogP contribution in [0.3, 0.4) is 0 Å². The van der Waals surface area contributed by atoms with Gasteiger partial charge < -0.3 is 9.84 Å². The predicted molar refractivity (Wildman–Crippen MR) is 84.1 cm³/mol. The first kappa shape index (κ1) is 16.1. The van der Waals surface area contributed by atoms with Gasteiger partial charge in [-0.3, -0.25) is 9.36 Å². The van der Waals surface area contributed by atoms with Gasteiger partial charge in [0.05, 0.1) is 11.4 Å². The van der Waals surface area contributed by atoms with Gasteiger partial charge in [-0.15, -0.1) is 0 Å². The molecule has 1 N–H and O–H groups in total. The molecule has 0 aliphatic carbocycles. The standard InChI is InChI=1S/C17H21NO4/c1-11(15(19)20)10-12-6-5-7-14-13(12)8-9-18(14)16(21)22-17(2,3)4/h5-9,11H,10H2,1-4H3,(H,19,20). The van der Waals surface area contributed by atoms with E-state index in [0.717, 1.165) is 16.5 Å². The molecule has 0 aliphatic rings. The van der Waals surface area contributed by atoms with E-state index in [9.17, 15) is 9.59 Å². The van der Waals surface area contributed by atoms with E-state index in [2.05, 4.69) is 0 Å². The van der Waals surface area contributed by atoms with Crippen molar-refractivity contribution in [3.05, 3.63) is 36.0 Å². The summed E-state index contributed by atoms with van der Waals surface area (Å²) in [5.74, 6) is -1.31. The first-order valence-electron chi connectivity index (χ1n) is 7.24. The Balaban J connectivity index is 2.37. The summed E-state index contributed by atoms with van der Waals surface area (Å²) in [6.45, 7) is 7.12. The molecule has 1 aromatic heterocycles. The molecule has 2 aromatic rings. The first-order valence-corrected chi connectivity index (χ1v) is 7.24. The van der Waals surface area contributed by atoms with Crippen LogP contribution in [0.1, 0.15) is 33.3 Å². The number of aromatic nitrogens is 1. The number of carbonyl (C=O) groups is 2. The van der Waals surface area contributed by atoms with E-state index in [-0.39, 0.29) is 0 Å². The molecular weight excluding hydrogens is 282 g/mol. The molecule has 1 unspecified atom stereocenters. The molecule has 1 heterocycles. The van der Waals surface area contributed by atoms with Crippen LogP contribution in [0.5, 0.6) is 0 Å². The summed E-state index contributed by atoms with van der Waals surface area (Å²) in [7, 11) is 0. The Hall–Kier alpha value is -2.30. The second kappa shape index (κ2) is 5.83. The molecule has 0 fully saturated rings. The molecule has 5 heteroatoms. The molecule has 22 heavy (non-hydrogen) atoms. The fraction of sp³-hybridized carbons (Fsp3) is 0.412. The lowest BCUT2D eigenvalue weighted by atomic mass is 9.98. The Bertz CT molecular complexity index is 709. The van der Waals surface area contributed by atoms with Crippen LogP contribution in [0, 0.1) is 5.92 Å². The highest BCUT2D eigenvalue weighted by Crippen LogP contribution is 2.24. The molecule has 0 bridgehead atoms. The van der Waals surface area contributed by atoms with Crippen molar-refractivity contribution in [2.24, 2.45) is 5.92 Å². The van der Waals surface area contributed by atoms with Crippen LogP contribution < -0.4 is 0 Å². The van der Waals surface area contributed by atoms with Crippen LogP contribution >= 0.6 is 0 Å². The first-order chi connectivity index (χ1) is 10.2. The Morgan fingerprint density at radius 3 is 2.55 bits per heavy atom. The van der Waals surface area contributed by atoms with Gasteiger partial charge in [-0.2, -0.15) is 0 Å². The zero-order valence-corrected chi connectivity index (χ0v) is 13.3. The number of hydrogen-bond acceptors (Lipinski definition) is 3. The van der Waals surface area contributed by atoms with Crippen LogP contribution in [0.2, 0.25) is 0 Å². The zero-order chi connectivity index (χ0) is 16.5. The highest BCUT2D eigenvalue weighted by molar-refractivity contribution is 5.91. The second-order valence-electron chi connectivity index (χ2n) is 6.46. The van der Waals surface area contributed by atoms with Gasteiger partial charge in [0.25, 0.3) is 0 Å². The SMILES string of the molecule is CC(Cc1cccc2c1ccn2C(=O)OC(C)(C)C)C(=O)O. The Morgan fingerprint density at radius 2 is 1.95 bits per heavy atom. The van der Waals surface area contributed by atoms with Gasteiger partial charge in [-0.1, -0.05) is 19.1 Å². The van der Waals surface area contributed by atoms with E-state index >= 15 is 0 Å². The largest absolute Gasteiger partial charge is 0.481 e. The van der Waals surface area contributed by atoms with Gasteiger partial charge in [-0.05, 0) is 44.9 Å². The number of hydrogen-bond donors (Lipinski definition) is 1. The van der Waals surface area contributed by atoms with E-state index in [1.807, 2.05) is 45.0 Å². The smallest absolute Gasteiger partial charge is 0.418 e. The molecule has 1 atom stereocenters. The Labute approximate surface area is 129 Å². The molecule has 0 saturated heterocycles. The monoisotopic (exact) mass is 303 g/mol.